The number of benzene rings is 3. The summed E-state index contributed by atoms with van der Waals surface area (Å²) in [6, 6.07) is 22.4. The summed E-state index contributed by atoms with van der Waals surface area (Å²) >= 11 is 0. The molecule has 6 nitrogen and oxygen atoms in total. The maximum Gasteiger partial charge on any atom is 0.328 e. The van der Waals surface area contributed by atoms with Crippen LogP contribution in [-0.2, 0) is 16.1 Å². The van der Waals surface area contributed by atoms with E-state index < -0.39 is 5.97 Å². The number of nitrogens with one attached hydrogen (secondary N) is 2. The van der Waals surface area contributed by atoms with Gasteiger partial charge in [0.05, 0.1) is 17.9 Å². The number of nitrogens with zero attached hydrogens (tertiary/aromatic N) is 1. The zero-order valence-electron chi connectivity index (χ0n) is 21.0. The van der Waals surface area contributed by atoms with Gasteiger partial charge in [0.1, 0.15) is 0 Å². The van der Waals surface area contributed by atoms with Crippen molar-refractivity contribution in [3.05, 3.63) is 83.9 Å². The quantitative estimate of drug-likeness (QED) is 0.330. The number of rotatable bonds is 7. The predicted molar refractivity (Wildman–Crippen MR) is 150 cm³/mol. The Bertz CT molecular complexity index is 1290. The number of amides is 1. The van der Waals surface area contributed by atoms with E-state index in [0.29, 0.717) is 6.54 Å². The smallest absolute Gasteiger partial charge is 0.328 e. The summed E-state index contributed by atoms with van der Waals surface area (Å²) in [5.41, 5.74) is 7.13. The van der Waals surface area contributed by atoms with Gasteiger partial charge < -0.3 is 20.6 Å². The molecule has 3 aromatic carbocycles. The minimum Gasteiger partial charge on any atom is -0.478 e. The lowest BCUT2D eigenvalue weighted by atomic mass is 9.88. The molecule has 0 radical (unpaired) electrons. The summed E-state index contributed by atoms with van der Waals surface area (Å²) in [5, 5.41) is 15.9. The van der Waals surface area contributed by atoms with Gasteiger partial charge in [-0.3, -0.25) is 4.79 Å². The molecule has 6 heteroatoms. The molecule has 1 heterocycles. The minimum atomic E-state index is -0.994. The van der Waals surface area contributed by atoms with Crippen molar-refractivity contribution in [1.29, 1.82) is 0 Å². The fourth-order valence-corrected chi connectivity index (χ4v) is 5.23. The molecule has 3 aromatic rings. The average molecular weight is 496 g/mol. The van der Waals surface area contributed by atoms with Crippen LogP contribution in [0.3, 0.4) is 0 Å². The summed E-state index contributed by atoms with van der Waals surface area (Å²) in [7, 11) is 0. The highest BCUT2D eigenvalue weighted by Crippen LogP contribution is 2.32. The first-order valence-electron chi connectivity index (χ1n) is 13.1. The van der Waals surface area contributed by atoms with Crippen molar-refractivity contribution in [2.75, 3.05) is 28.6 Å². The molecule has 1 aliphatic carbocycles. The van der Waals surface area contributed by atoms with Gasteiger partial charge in [-0.1, -0.05) is 61.7 Å². The molecular formula is C31H33N3O3. The van der Waals surface area contributed by atoms with Crippen LogP contribution in [0.2, 0.25) is 0 Å². The molecular weight excluding hydrogens is 462 g/mol. The van der Waals surface area contributed by atoms with Crippen LogP contribution in [-0.4, -0.2) is 30.1 Å². The van der Waals surface area contributed by atoms with Crippen LogP contribution in [0.1, 0.15) is 43.2 Å². The molecule has 3 N–H and O–H groups in total. The van der Waals surface area contributed by atoms with E-state index in [1.807, 2.05) is 29.2 Å². The third-order valence-corrected chi connectivity index (χ3v) is 7.22. The van der Waals surface area contributed by atoms with Gasteiger partial charge in [-0.15, -0.1) is 0 Å². The van der Waals surface area contributed by atoms with Crippen LogP contribution in [0.15, 0.2) is 72.8 Å². The van der Waals surface area contributed by atoms with Crippen molar-refractivity contribution in [3.63, 3.8) is 0 Å². The van der Waals surface area contributed by atoms with Crippen molar-refractivity contribution < 1.29 is 14.7 Å². The van der Waals surface area contributed by atoms with E-state index in [2.05, 4.69) is 53.1 Å². The summed E-state index contributed by atoms with van der Waals surface area (Å²) in [4.78, 5) is 26.6. The van der Waals surface area contributed by atoms with Gasteiger partial charge >= 0.3 is 5.97 Å². The fraction of sp³-hybridized carbons (Fsp3) is 0.290. The molecule has 2 aliphatic rings. The van der Waals surface area contributed by atoms with Gasteiger partial charge in [0.25, 0.3) is 0 Å². The van der Waals surface area contributed by atoms with E-state index in [1.165, 1.54) is 6.42 Å². The number of fused-ring (bicyclic) bond motifs is 1. The number of hydrogen-bond donors (Lipinski definition) is 3. The highest BCUT2D eigenvalue weighted by molar-refractivity contribution is 5.95. The Morgan fingerprint density at radius 1 is 0.865 bits per heavy atom. The van der Waals surface area contributed by atoms with Gasteiger partial charge in [-0.05, 0) is 65.4 Å². The Labute approximate surface area is 218 Å². The molecule has 1 fully saturated rings. The second kappa shape index (κ2) is 11.3. The molecule has 0 saturated heterocycles. The number of carbonyl (C=O) groups is 2. The molecule has 37 heavy (non-hydrogen) atoms. The van der Waals surface area contributed by atoms with E-state index in [4.69, 9.17) is 5.11 Å². The number of carbonyl (C=O) groups excluding carboxylic acids is 1. The highest BCUT2D eigenvalue weighted by atomic mass is 16.4. The van der Waals surface area contributed by atoms with Gasteiger partial charge in [0.2, 0.25) is 5.91 Å². The van der Waals surface area contributed by atoms with Crippen molar-refractivity contribution in [1.82, 2.24) is 0 Å². The maximum absolute atomic E-state index is 13.7. The molecule has 190 valence electrons. The Kier molecular flexibility index (Phi) is 7.54. The van der Waals surface area contributed by atoms with Crippen molar-refractivity contribution in [2.45, 2.75) is 38.6 Å². The lowest BCUT2D eigenvalue weighted by molar-refractivity contribution is -0.131. The van der Waals surface area contributed by atoms with Crippen LogP contribution in [0.4, 0.5) is 17.1 Å². The van der Waals surface area contributed by atoms with E-state index in [1.54, 1.807) is 6.08 Å². The van der Waals surface area contributed by atoms with E-state index >= 15 is 0 Å². The molecule has 1 aliphatic heterocycles. The van der Waals surface area contributed by atoms with Gasteiger partial charge in [-0.25, -0.2) is 4.79 Å². The molecule has 0 unspecified atom stereocenters. The lowest BCUT2D eigenvalue weighted by Gasteiger charge is -2.30. The standard InChI is InChI=1S/C31H33N3O3/c35-30(36)16-11-22-5-4-8-27(19-22)34(31(37)25-6-2-1-3-7-25)21-23-9-12-24(13-10-23)26-14-15-28-29(20-26)33-18-17-32-28/h4-5,8-16,19-20,25,32-33H,1-3,6-7,17-18,21H2,(H,35,36)/b16-11+. The molecule has 0 aromatic heterocycles. The Morgan fingerprint density at radius 3 is 2.35 bits per heavy atom. The van der Waals surface area contributed by atoms with E-state index in [0.717, 1.165) is 84.2 Å². The lowest BCUT2D eigenvalue weighted by Crippen LogP contribution is -2.36. The molecule has 1 saturated carbocycles. The number of aliphatic carboxylic acids is 1. The van der Waals surface area contributed by atoms with Crippen LogP contribution in [0.5, 0.6) is 0 Å². The summed E-state index contributed by atoms with van der Waals surface area (Å²) in [5.74, 6) is -0.814. The Balaban J connectivity index is 1.40. The van der Waals surface area contributed by atoms with Crippen molar-refractivity contribution in [2.24, 2.45) is 5.92 Å². The van der Waals surface area contributed by atoms with Crippen LogP contribution in [0, 0.1) is 5.92 Å². The van der Waals surface area contributed by atoms with Crippen LogP contribution in [0.25, 0.3) is 17.2 Å². The fourth-order valence-electron chi connectivity index (χ4n) is 5.23. The Morgan fingerprint density at radius 2 is 1.59 bits per heavy atom. The number of carboxylic acid groups (broad SMARTS) is 1. The highest BCUT2D eigenvalue weighted by Gasteiger charge is 2.27. The van der Waals surface area contributed by atoms with Crippen molar-refractivity contribution >= 4 is 35.0 Å². The zero-order valence-corrected chi connectivity index (χ0v) is 21.0. The SMILES string of the molecule is O=C(O)/C=C/c1cccc(N(Cc2ccc(-c3ccc4c(c3)NCCN4)cc2)C(=O)C2CCCCC2)c1. The van der Waals surface area contributed by atoms with E-state index in [-0.39, 0.29) is 11.8 Å². The maximum atomic E-state index is 13.7. The molecule has 0 atom stereocenters. The number of anilines is 3. The zero-order chi connectivity index (χ0) is 25.6. The number of hydrogen-bond acceptors (Lipinski definition) is 4. The average Bonchev–Trinajstić information content (AvgIpc) is 2.95. The second-order valence-corrected chi connectivity index (χ2v) is 9.84. The Hall–Kier alpha value is -4.06. The third-order valence-electron chi connectivity index (χ3n) is 7.22. The topological polar surface area (TPSA) is 81.7 Å². The number of carboxylic acids is 1. The third kappa shape index (κ3) is 6.02. The molecule has 5 rings (SSSR count). The predicted octanol–water partition coefficient (Wildman–Crippen LogP) is 6.40. The van der Waals surface area contributed by atoms with E-state index in [9.17, 15) is 9.59 Å². The van der Waals surface area contributed by atoms with Crippen LogP contribution >= 0.6 is 0 Å². The first-order chi connectivity index (χ1) is 18.1. The summed E-state index contributed by atoms with van der Waals surface area (Å²) in [6.07, 6.45) is 7.90. The van der Waals surface area contributed by atoms with Crippen molar-refractivity contribution in [3.8, 4) is 11.1 Å². The van der Waals surface area contributed by atoms with Gasteiger partial charge in [0.15, 0.2) is 0 Å². The second-order valence-electron chi connectivity index (χ2n) is 9.84. The van der Waals surface area contributed by atoms with Gasteiger partial charge in [-0.2, -0.15) is 0 Å². The molecule has 0 spiro atoms. The minimum absolute atomic E-state index is 0.0304. The molecule has 0 bridgehead atoms. The first kappa shape index (κ1) is 24.6. The monoisotopic (exact) mass is 495 g/mol. The largest absolute Gasteiger partial charge is 0.478 e. The summed E-state index contributed by atoms with van der Waals surface area (Å²) in [6.45, 7) is 2.31. The summed E-state index contributed by atoms with van der Waals surface area (Å²) < 4.78 is 0. The van der Waals surface area contributed by atoms with Crippen LogP contribution < -0.4 is 15.5 Å². The molecule has 1 amide bonds. The van der Waals surface area contributed by atoms with Gasteiger partial charge in [0, 0.05) is 30.8 Å². The first-order valence-corrected chi connectivity index (χ1v) is 13.1. The normalized spacial score (nSPS) is 15.5.